The first-order valence-corrected chi connectivity index (χ1v) is 12.2. The summed E-state index contributed by atoms with van der Waals surface area (Å²) in [6, 6.07) is 0.844. The Labute approximate surface area is 79.9 Å². The van der Waals surface area contributed by atoms with Crippen LogP contribution < -0.4 is 0 Å². The Kier molecular flexibility index (Phi) is 5.39. The van der Waals surface area contributed by atoms with E-state index in [2.05, 4.69) is 26.2 Å². The van der Waals surface area contributed by atoms with Crippen molar-refractivity contribution in [2.45, 2.75) is 44.8 Å². The van der Waals surface area contributed by atoms with E-state index in [-0.39, 0.29) is 0 Å². The van der Waals surface area contributed by atoms with E-state index in [4.69, 9.17) is 4.12 Å². The van der Waals surface area contributed by atoms with Gasteiger partial charge >= 0.3 is 0 Å². The van der Waals surface area contributed by atoms with Gasteiger partial charge in [0.2, 0.25) is 0 Å². The molecular formula is C7H20O2Si3. The highest BCUT2D eigenvalue weighted by atomic mass is 28.4. The van der Waals surface area contributed by atoms with Crippen LogP contribution in [0.2, 0.25) is 37.9 Å². The molecule has 2 nitrogen and oxygen atoms in total. The van der Waals surface area contributed by atoms with E-state index in [1.165, 1.54) is 0 Å². The quantitative estimate of drug-likeness (QED) is 0.664. The zero-order chi connectivity index (χ0) is 9.78. The van der Waals surface area contributed by atoms with Gasteiger partial charge in [-0.05, 0) is 32.2 Å². The number of hydrogen-bond donors (Lipinski definition) is 0. The molecule has 5 heteroatoms. The molecule has 0 aromatic rings. The molecular weight excluding hydrogens is 200 g/mol. The molecule has 1 atom stereocenters. The van der Waals surface area contributed by atoms with E-state index in [0.717, 1.165) is 11.7 Å². The van der Waals surface area contributed by atoms with E-state index in [0.29, 0.717) is 0 Å². The minimum Gasteiger partial charge on any atom is -0.458 e. The average molecular weight is 220 g/mol. The summed E-state index contributed by atoms with van der Waals surface area (Å²) in [6.07, 6.45) is 0. The van der Waals surface area contributed by atoms with Crippen molar-refractivity contribution >= 4 is 26.0 Å². The summed E-state index contributed by atoms with van der Waals surface area (Å²) in [5, 5.41) is 0. The Hall–Kier alpha value is 0.411. The van der Waals surface area contributed by atoms with Crippen molar-refractivity contribution in [2.75, 3.05) is 0 Å². The zero-order valence-electron chi connectivity index (χ0n) is 8.81. The SMILES string of the molecule is CC[Si](=O)C[SiH](C)O[Si](C)(C)C. The van der Waals surface area contributed by atoms with E-state index >= 15 is 0 Å². The van der Waals surface area contributed by atoms with Crippen LogP contribution in [-0.2, 0) is 8.58 Å². The minimum atomic E-state index is -1.36. The van der Waals surface area contributed by atoms with Gasteiger partial charge in [0.1, 0.15) is 0 Å². The molecule has 0 aromatic carbocycles. The van der Waals surface area contributed by atoms with Gasteiger partial charge in [0.25, 0.3) is 8.68 Å². The molecule has 0 fully saturated rings. The Morgan fingerprint density at radius 1 is 1.42 bits per heavy atom. The second kappa shape index (κ2) is 5.21. The van der Waals surface area contributed by atoms with Crippen LogP contribution in [0.25, 0.3) is 0 Å². The summed E-state index contributed by atoms with van der Waals surface area (Å²) in [5.41, 5.74) is 0.894. The minimum absolute atomic E-state index is 0.844. The fourth-order valence-corrected chi connectivity index (χ4v) is 10.7. The lowest BCUT2D eigenvalue weighted by atomic mass is 11.0. The van der Waals surface area contributed by atoms with Crippen molar-refractivity contribution in [1.82, 2.24) is 0 Å². The van der Waals surface area contributed by atoms with Crippen molar-refractivity contribution in [2.24, 2.45) is 0 Å². The first kappa shape index (κ1) is 12.4. The summed E-state index contributed by atoms with van der Waals surface area (Å²) in [7, 11) is -3.76. The molecule has 0 aromatic heterocycles. The standard InChI is InChI=1S/C7H20O2Si3/c1-6-11(8)7-10(2)9-12(3,4)5/h10H,6-7H2,1-5H3. The van der Waals surface area contributed by atoms with Crippen LogP contribution in [0.4, 0.5) is 0 Å². The maximum Gasteiger partial charge on any atom is 0.275 e. The molecule has 0 aliphatic heterocycles. The number of rotatable bonds is 5. The Morgan fingerprint density at radius 2 is 1.92 bits per heavy atom. The van der Waals surface area contributed by atoms with Gasteiger partial charge in [-0.15, -0.1) is 0 Å². The fraction of sp³-hybridized carbons (Fsp3) is 1.00. The number of hydrogen-bond acceptors (Lipinski definition) is 2. The van der Waals surface area contributed by atoms with Gasteiger partial charge in [0.15, 0.2) is 17.4 Å². The van der Waals surface area contributed by atoms with Crippen molar-refractivity contribution in [3.63, 3.8) is 0 Å². The van der Waals surface area contributed by atoms with Gasteiger partial charge in [0.05, 0.1) is 0 Å². The van der Waals surface area contributed by atoms with Crippen LogP contribution in [0.1, 0.15) is 6.92 Å². The monoisotopic (exact) mass is 220 g/mol. The summed E-state index contributed by atoms with van der Waals surface area (Å²) in [5.74, 6) is 0. The van der Waals surface area contributed by atoms with Crippen molar-refractivity contribution < 1.29 is 8.58 Å². The first-order valence-electron chi connectivity index (χ1n) is 4.54. The van der Waals surface area contributed by atoms with E-state index in [9.17, 15) is 4.46 Å². The Balaban J connectivity index is 3.74. The third-order valence-electron chi connectivity index (χ3n) is 1.46. The van der Waals surface area contributed by atoms with Gasteiger partial charge in [-0.3, -0.25) is 0 Å². The predicted octanol–water partition coefficient (Wildman–Crippen LogP) is 2.17. The van der Waals surface area contributed by atoms with E-state index in [1.807, 2.05) is 6.92 Å². The molecule has 0 saturated carbocycles. The Bertz CT molecular complexity index is 153. The maximum atomic E-state index is 11.3. The summed E-state index contributed by atoms with van der Waals surface area (Å²) in [4.78, 5) is 0. The molecule has 0 saturated heterocycles. The van der Waals surface area contributed by atoms with Crippen molar-refractivity contribution in [3.05, 3.63) is 0 Å². The summed E-state index contributed by atoms with van der Waals surface area (Å²) < 4.78 is 17.2. The topological polar surface area (TPSA) is 26.3 Å². The largest absolute Gasteiger partial charge is 0.458 e. The lowest BCUT2D eigenvalue weighted by Crippen LogP contribution is -2.34. The van der Waals surface area contributed by atoms with Gasteiger partial charge in [-0.25, -0.2) is 0 Å². The second-order valence-electron chi connectivity index (χ2n) is 4.14. The molecule has 0 aliphatic rings. The molecule has 72 valence electrons. The van der Waals surface area contributed by atoms with Gasteiger partial charge in [-0.1, -0.05) is 6.92 Å². The van der Waals surface area contributed by atoms with Gasteiger partial charge < -0.3 is 8.58 Å². The highest BCUT2D eigenvalue weighted by Crippen LogP contribution is 2.08. The molecule has 0 amide bonds. The smallest absolute Gasteiger partial charge is 0.275 e. The average Bonchev–Trinajstić information content (AvgIpc) is 1.82. The predicted molar refractivity (Wildman–Crippen MR) is 59.2 cm³/mol. The van der Waals surface area contributed by atoms with E-state index in [1.54, 1.807) is 0 Å². The second-order valence-corrected chi connectivity index (χ2v) is 14.3. The molecule has 0 bridgehead atoms. The molecule has 12 heavy (non-hydrogen) atoms. The molecule has 0 spiro atoms. The summed E-state index contributed by atoms with van der Waals surface area (Å²) >= 11 is 0. The van der Waals surface area contributed by atoms with Gasteiger partial charge in [-0.2, -0.15) is 0 Å². The molecule has 0 radical (unpaired) electrons. The lowest BCUT2D eigenvalue weighted by Gasteiger charge is -2.22. The molecule has 0 aliphatic carbocycles. The van der Waals surface area contributed by atoms with Crippen LogP contribution >= 0.6 is 0 Å². The normalized spacial score (nSPS) is 14.4. The highest BCUT2D eigenvalue weighted by molar-refractivity contribution is 6.79. The Morgan fingerprint density at radius 3 is 2.25 bits per heavy atom. The summed E-state index contributed by atoms with van der Waals surface area (Å²) in [6.45, 7) is 10.7. The third-order valence-corrected chi connectivity index (χ3v) is 10.8. The molecule has 1 unspecified atom stereocenters. The first-order chi connectivity index (χ1) is 5.35. The van der Waals surface area contributed by atoms with Gasteiger partial charge in [0, 0.05) is 5.67 Å². The fourth-order valence-electron chi connectivity index (χ4n) is 1.11. The van der Waals surface area contributed by atoms with Crippen LogP contribution in [-0.4, -0.2) is 26.0 Å². The maximum absolute atomic E-state index is 11.3. The molecule has 0 rings (SSSR count). The zero-order valence-corrected chi connectivity index (χ0v) is 12.0. The lowest BCUT2D eigenvalue weighted by molar-refractivity contribution is 0.554. The van der Waals surface area contributed by atoms with E-state index < -0.39 is 26.0 Å². The van der Waals surface area contributed by atoms with Crippen molar-refractivity contribution in [1.29, 1.82) is 0 Å². The third kappa shape index (κ3) is 7.08. The van der Waals surface area contributed by atoms with Crippen LogP contribution in [0, 0.1) is 0 Å². The van der Waals surface area contributed by atoms with Crippen LogP contribution in [0.3, 0.4) is 0 Å². The molecule has 0 N–H and O–H groups in total. The van der Waals surface area contributed by atoms with Crippen LogP contribution in [0.15, 0.2) is 0 Å². The van der Waals surface area contributed by atoms with Crippen LogP contribution in [0.5, 0.6) is 0 Å². The molecule has 0 heterocycles. The van der Waals surface area contributed by atoms with Crippen molar-refractivity contribution in [3.8, 4) is 0 Å². The highest BCUT2D eigenvalue weighted by Gasteiger charge is 2.20.